The molecule has 118 valence electrons. The molecule has 3 aromatic rings. The summed E-state index contributed by atoms with van der Waals surface area (Å²) in [5.41, 5.74) is 1.70. The molecule has 0 radical (unpaired) electrons. The highest BCUT2D eigenvalue weighted by atomic mass is 32.1. The summed E-state index contributed by atoms with van der Waals surface area (Å²) in [4.78, 5) is 0. The number of aromatic nitrogens is 4. The van der Waals surface area contributed by atoms with E-state index in [1.54, 1.807) is 29.2 Å². The summed E-state index contributed by atoms with van der Waals surface area (Å²) in [5.74, 6) is -0.350. The van der Waals surface area contributed by atoms with Crippen LogP contribution in [-0.2, 0) is 4.74 Å². The lowest BCUT2D eigenvalue weighted by Crippen LogP contribution is -2.29. The lowest BCUT2D eigenvalue weighted by atomic mass is 10.0. The second kappa shape index (κ2) is 6.57. The Morgan fingerprint density at radius 2 is 2.17 bits per heavy atom. The Hall–Kier alpha value is -2.74. The number of methoxy groups -OCH3 is 1. The van der Waals surface area contributed by atoms with Gasteiger partial charge in [-0.15, -0.1) is 5.10 Å². The summed E-state index contributed by atoms with van der Waals surface area (Å²) >= 11 is 5.04. The molecule has 1 aromatic carbocycles. The van der Waals surface area contributed by atoms with Crippen LogP contribution in [0.1, 0.15) is 17.3 Å². The minimum atomic E-state index is -0.464. The van der Waals surface area contributed by atoms with E-state index in [2.05, 4.69) is 20.7 Å². The standard InChI is InChI=1S/C15H14FN5OS/c1-22-15(23)18-14(12-9-17-20-19-12)10-4-5-13(11(16)8-10)21-6-2-3-7-21/h2-9,14H,1H3,(H,18,23)(H,17,19,20). The Labute approximate surface area is 137 Å². The fourth-order valence-corrected chi connectivity index (χ4v) is 2.38. The van der Waals surface area contributed by atoms with Gasteiger partial charge in [-0.2, -0.15) is 0 Å². The zero-order chi connectivity index (χ0) is 16.2. The van der Waals surface area contributed by atoms with E-state index in [-0.39, 0.29) is 11.0 Å². The molecule has 3 rings (SSSR count). The van der Waals surface area contributed by atoms with Crippen molar-refractivity contribution in [2.45, 2.75) is 6.04 Å². The van der Waals surface area contributed by atoms with E-state index >= 15 is 0 Å². The van der Waals surface area contributed by atoms with Crippen LogP contribution in [0, 0.1) is 5.82 Å². The summed E-state index contributed by atoms with van der Waals surface area (Å²) in [6.07, 6.45) is 5.19. The van der Waals surface area contributed by atoms with Crippen LogP contribution in [0.15, 0.2) is 48.9 Å². The number of nitrogens with zero attached hydrogens (tertiary/aromatic N) is 3. The van der Waals surface area contributed by atoms with Gasteiger partial charge in [0.05, 0.1) is 12.8 Å². The van der Waals surface area contributed by atoms with Gasteiger partial charge < -0.3 is 14.6 Å². The maximum atomic E-state index is 14.5. The van der Waals surface area contributed by atoms with Gasteiger partial charge in [0.1, 0.15) is 17.6 Å². The predicted octanol–water partition coefficient (Wildman–Crippen LogP) is 2.34. The molecule has 8 heteroatoms. The summed E-state index contributed by atoms with van der Waals surface area (Å²) in [7, 11) is 1.46. The van der Waals surface area contributed by atoms with Crippen LogP contribution < -0.4 is 5.32 Å². The maximum Gasteiger partial charge on any atom is 0.257 e. The zero-order valence-electron chi connectivity index (χ0n) is 12.2. The van der Waals surface area contributed by atoms with Crippen molar-refractivity contribution in [2.24, 2.45) is 0 Å². The van der Waals surface area contributed by atoms with Crippen LogP contribution >= 0.6 is 12.2 Å². The number of hydrogen-bond acceptors (Lipinski definition) is 4. The smallest absolute Gasteiger partial charge is 0.257 e. The second-order valence-electron chi connectivity index (χ2n) is 4.77. The number of benzene rings is 1. The first-order valence-corrected chi connectivity index (χ1v) is 7.23. The number of thiocarbonyl (C=S) groups is 1. The van der Waals surface area contributed by atoms with Gasteiger partial charge in [-0.25, -0.2) is 4.39 Å². The molecule has 0 bridgehead atoms. The highest BCUT2D eigenvalue weighted by Gasteiger charge is 2.20. The third kappa shape index (κ3) is 3.21. The Kier molecular flexibility index (Phi) is 4.33. The Bertz CT molecular complexity index is 788. The van der Waals surface area contributed by atoms with E-state index in [1.165, 1.54) is 13.2 Å². The quantitative estimate of drug-likeness (QED) is 0.718. The van der Waals surface area contributed by atoms with Gasteiger partial charge in [-0.05, 0) is 42.0 Å². The third-order valence-electron chi connectivity index (χ3n) is 3.37. The first kappa shape index (κ1) is 15.2. The molecule has 0 aliphatic heterocycles. The van der Waals surface area contributed by atoms with Crippen LogP contribution in [-0.4, -0.2) is 32.3 Å². The molecule has 0 spiro atoms. The fraction of sp³-hybridized carbons (Fsp3) is 0.133. The highest BCUT2D eigenvalue weighted by molar-refractivity contribution is 7.80. The molecule has 1 unspecified atom stereocenters. The molecule has 0 saturated carbocycles. The van der Waals surface area contributed by atoms with E-state index in [0.29, 0.717) is 16.9 Å². The molecule has 6 nitrogen and oxygen atoms in total. The summed E-state index contributed by atoms with van der Waals surface area (Å²) in [5, 5.41) is 13.5. The predicted molar refractivity (Wildman–Crippen MR) is 86.7 cm³/mol. The monoisotopic (exact) mass is 331 g/mol. The number of hydrogen-bond donors (Lipinski definition) is 2. The molecule has 2 N–H and O–H groups in total. The number of halogens is 1. The summed E-state index contributed by atoms with van der Waals surface area (Å²) < 4.78 is 21.2. The molecule has 0 aliphatic rings. The molecule has 0 saturated heterocycles. The van der Waals surface area contributed by atoms with Crippen LogP contribution in [0.5, 0.6) is 0 Å². The lowest BCUT2D eigenvalue weighted by Gasteiger charge is -2.18. The van der Waals surface area contributed by atoms with E-state index in [9.17, 15) is 4.39 Å². The van der Waals surface area contributed by atoms with Gasteiger partial charge >= 0.3 is 0 Å². The Balaban J connectivity index is 1.96. The molecule has 0 amide bonds. The number of ether oxygens (including phenoxy) is 1. The highest BCUT2D eigenvalue weighted by Crippen LogP contribution is 2.24. The van der Waals surface area contributed by atoms with E-state index in [4.69, 9.17) is 17.0 Å². The molecule has 2 heterocycles. The summed E-state index contributed by atoms with van der Waals surface area (Å²) in [6.45, 7) is 0. The number of aromatic amines is 1. The second-order valence-corrected chi connectivity index (χ2v) is 5.14. The molecule has 0 fully saturated rings. The van der Waals surface area contributed by atoms with Crippen molar-refractivity contribution in [3.8, 4) is 5.69 Å². The van der Waals surface area contributed by atoms with Gasteiger partial charge in [-0.1, -0.05) is 11.3 Å². The van der Waals surface area contributed by atoms with Crippen molar-refractivity contribution in [1.82, 2.24) is 25.3 Å². The van der Waals surface area contributed by atoms with Gasteiger partial charge in [0.25, 0.3) is 5.17 Å². The van der Waals surface area contributed by atoms with Crippen LogP contribution in [0.2, 0.25) is 0 Å². The molecule has 1 atom stereocenters. The molecule has 2 aromatic heterocycles. The number of rotatable bonds is 4. The minimum Gasteiger partial charge on any atom is -0.474 e. The van der Waals surface area contributed by atoms with Crippen molar-refractivity contribution in [3.63, 3.8) is 0 Å². The molecular formula is C15H14FN5OS. The normalized spacial score (nSPS) is 11.9. The zero-order valence-corrected chi connectivity index (χ0v) is 13.0. The average Bonchev–Trinajstić information content (AvgIpc) is 3.25. The van der Waals surface area contributed by atoms with Crippen LogP contribution in [0.4, 0.5) is 4.39 Å². The van der Waals surface area contributed by atoms with Crippen molar-refractivity contribution < 1.29 is 9.13 Å². The minimum absolute atomic E-state index is 0.188. The maximum absolute atomic E-state index is 14.5. The summed E-state index contributed by atoms with van der Waals surface area (Å²) in [6, 6.07) is 8.17. The van der Waals surface area contributed by atoms with Gasteiger partial charge in [0.15, 0.2) is 0 Å². The Morgan fingerprint density at radius 3 is 2.78 bits per heavy atom. The average molecular weight is 331 g/mol. The van der Waals surface area contributed by atoms with Crippen molar-refractivity contribution >= 4 is 17.4 Å². The van der Waals surface area contributed by atoms with Crippen LogP contribution in [0.25, 0.3) is 5.69 Å². The van der Waals surface area contributed by atoms with Crippen molar-refractivity contribution in [3.05, 3.63) is 66.0 Å². The van der Waals surface area contributed by atoms with Gasteiger partial charge in [-0.3, -0.25) is 5.10 Å². The van der Waals surface area contributed by atoms with E-state index in [1.807, 2.05) is 18.2 Å². The number of H-pyrrole nitrogens is 1. The fourth-order valence-electron chi connectivity index (χ4n) is 2.26. The number of nitrogens with one attached hydrogen (secondary N) is 2. The lowest BCUT2D eigenvalue weighted by molar-refractivity contribution is 0.387. The molecular weight excluding hydrogens is 317 g/mol. The van der Waals surface area contributed by atoms with Gasteiger partial charge in [0, 0.05) is 18.6 Å². The molecule has 23 heavy (non-hydrogen) atoms. The van der Waals surface area contributed by atoms with E-state index in [0.717, 1.165) is 0 Å². The van der Waals surface area contributed by atoms with Crippen molar-refractivity contribution in [1.29, 1.82) is 0 Å². The van der Waals surface area contributed by atoms with Crippen LogP contribution in [0.3, 0.4) is 0 Å². The van der Waals surface area contributed by atoms with Gasteiger partial charge in [0.2, 0.25) is 0 Å². The Morgan fingerprint density at radius 1 is 1.39 bits per heavy atom. The van der Waals surface area contributed by atoms with E-state index < -0.39 is 6.04 Å². The largest absolute Gasteiger partial charge is 0.474 e. The first-order valence-electron chi connectivity index (χ1n) is 6.82. The SMILES string of the molecule is COC(=S)NC(c1ccc(-n2cccc2)c(F)c1)c1c[nH]nn1. The first-order chi connectivity index (χ1) is 11.2. The molecule has 0 aliphatic carbocycles. The van der Waals surface area contributed by atoms with Crippen molar-refractivity contribution in [2.75, 3.05) is 7.11 Å². The third-order valence-corrected chi connectivity index (χ3v) is 3.65. The topological polar surface area (TPSA) is 67.8 Å².